The van der Waals surface area contributed by atoms with Crippen LogP contribution in [-0.2, 0) is 0 Å². The van der Waals surface area contributed by atoms with Gasteiger partial charge in [-0.05, 0) is 64.1 Å². The van der Waals surface area contributed by atoms with Gasteiger partial charge < -0.3 is 5.32 Å². The topological polar surface area (TPSA) is 24.9 Å². The Balaban J connectivity index is 1.88. The highest BCUT2D eigenvalue weighted by molar-refractivity contribution is 9.10. The van der Waals surface area contributed by atoms with E-state index in [4.69, 9.17) is 0 Å². The standard InChI is InChI=1S/C15H21BrN2/c1-14(2)10-7-8-15(3,9-10)13(14)18-12-6-4-5-11(16)17-12/h4-6,10,13H,7-9H2,1-3H3,(H,17,18). The van der Waals surface area contributed by atoms with Crippen molar-refractivity contribution < 1.29 is 0 Å². The average molecular weight is 309 g/mol. The Kier molecular flexibility index (Phi) is 2.74. The van der Waals surface area contributed by atoms with Crippen LogP contribution in [-0.4, -0.2) is 11.0 Å². The molecular formula is C15H21BrN2. The maximum Gasteiger partial charge on any atom is 0.127 e. The Morgan fingerprint density at radius 1 is 1.33 bits per heavy atom. The number of halogens is 1. The Labute approximate surface area is 118 Å². The van der Waals surface area contributed by atoms with Gasteiger partial charge >= 0.3 is 0 Å². The molecule has 0 saturated heterocycles. The molecule has 3 heteroatoms. The first-order valence-corrected chi connectivity index (χ1v) is 7.60. The zero-order chi connectivity index (χ0) is 13.0. The molecule has 1 aromatic heterocycles. The maximum atomic E-state index is 4.52. The molecule has 0 spiro atoms. The summed E-state index contributed by atoms with van der Waals surface area (Å²) < 4.78 is 0.901. The lowest BCUT2D eigenvalue weighted by Crippen LogP contribution is -2.45. The van der Waals surface area contributed by atoms with E-state index >= 15 is 0 Å². The zero-order valence-electron chi connectivity index (χ0n) is 11.3. The summed E-state index contributed by atoms with van der Waals surface area (Å²) in [7, 11) is 0. The van der Waals surface area contributed by atoms with Crippen LogP contribution < -0.4 is 5.32 Å². The van der Waals surface area contributed by atoms with Gasteiger partial charge in [0.15, 0.2) is 0 Å². The number of anilines is 1. The van der Waals surface area contributed by atoms with E-state index in [1.807, 2.05) is 12.1 Å². The number of aromatic nitrogens is 1. The van der Waals surface area contributed by atoms with Crippen molar-refractivity contribution in [3.63, 3.8) is 0 Å². The molecule has 2 bridgehead atoms. The monoisotopic (exact) mass is 308 g/mol. The van der Waals surface area contributed by atoms with Crippen LogP contribution in [0, 0.1) is 16.7 Å². The van der Waals surface area contributed by atoms with Crippen molar-refractivity contribution >= 4 is 21.7 Å². The summed E-state index contributed by atoms with van der Waals surface area (Å²) in [6.45, 7) is 7.27. The number of nitrogens with zero attached hydrogens (tertiary/aromatic N) is 1. The fourth-order valence-electron chi connectivity index (χ4n) is 4.30. The van der Waals surface area contributed by atoms with Gasteiger partial charge in [-0.1, -0.05) is 26.8 Å². The lowest BCUT2D eigenvalue weighted by molar-refractivity contribution is 0.155. The molecule has 3 rings (SSSR count). The van der Waals surface area contributed by atoms with Crippen molar-refractivity contribution in [3.05, 3.63) is 22.8 Å². The highest BCUT2D eigenvalue weighted by Gasteiger charge is 2.59. The maximum absolute atomic E-state index is 4.52. The molecular weight excluding hydrogens is 288 g/mol. The summed E-state index contributed by atoms with van der Waals surface area (Å²) >= 11 is 3.44. The van der Waals surface area contributed by atoms with Crippen LogP contribution >= 0.6 is 15.9 Å². The quantitative estimate of drug-likeness (QED) is 0.815. The van der Waals surface area contributed by atoms with Gasteiger partial charge in [-0.15, -0.1) is 0 Å². The molecule has 2 fully saturated rings. The lowest BCUT2D eigenvalue weighted by Gasteiger charge is -2.43. The van der Waals surface area contributed by atoms with Crippen molar-refractivity contribution in [1.29, 1.82) is 0 Å². The molecule has 98 valence electrons. The molecule has 1 aromatic rings. The van der Waals surface area contributed by atoms with Gasteiger partial charge in [0.1, 0.15) is 10.4 Å². The molecule has 2 aliphatic carbocycles. The third-order valence-electron chi connectivity index (χ3n) is 5.28. The first kappa shape index (κ1) is 12.5. The zero-order valence-corrected chi connectivity index (χ0v) is 12.9. The smallest absolute Gasteiger partial charge is 0.127 e. The van der Waals surface area contributed by atoms with E-state index in [0.29, 0.717) is 16.9 Å². The molecule has 2 aliphatic rings. The normalized spacial score (nSPS) is 36.9. The van der Waals surface area contributed by atoms with Crippen LogP contribution in [0.5, 0.6) is 0 Å². The van der Waals surface area contributed by atoms with Crippen LogP contribution in [0.3, 0.4) is 0 Å². The Morgan fingerprint density at radius 3 is 2.72 bits per heavy atom. The number of nitrogens with one attached hydrogen (secondary N) is 1. The van der Waals surface area contributed by atoms with Crippen LogP contribution in [0.4, 0.5) is 5.82 Å². The predicted octanol–water partition coefficient (Wildman–Crippen LogP) is 4.47. The highest BCUT2D eigenvalue weighted by Crippen LogP contribution is 2.63. The number of rotatable bonds is 2. The Bertz CT molecular complexity index is 467. The minimum atomic E-state index is 0.372. The number of pyridine rings is 1. The molecule has 3 atom stereocenters. The van der Waals surface area contributed by atoms with Crippen LogP contribution in [0.15, 0.2) is 22.8 Å². The van der Waals surface area contributed by atoms with Gasteiger partial charge in [0.25, 0.3) is 0 Å². The minimum absolute atomic E-state index is 0.372. The van der Waals surface area contributed by atoms with E-state index in [0.717, 1.165) is 16.3 Å². The highest BCUT2D eigenvalue weighted by atomic mass is 79.9. The largest absolute Gasteiger partial charge is 0.366 e. The molecule has 0 aliphatic heterocycles. The summed E-state index contributed by atoms with van der Waals surface area (Å²) in [5.41, 5.74) is 0.815. The molecule has 2 saturated carbocycles. The molecule has 3 unspecified atom stereocenters. The van der Waals surface area contributed by atoms with Crippen molar-refractivity contribution in [2.24, 2.45) is 16.7 Å². The minimum Gasteiger partial charge on any atom is -0.366 e. The second-order valence-corrected chi connectivity index (χ2v) is 7.65. The second-order valence-electron chi connectivity index (χ2n) is 6.84. The number of fused-ring (bicyclic) bond motifs is 2. The van der Waals surface area contributed by atoms with Crippen molar-refractivity contribution in [1.82, 2.24) is 4.98 Å². The third kappa shape index (κ3) is 1.78. The van der Waals surface area contributed by atoms with Crippen LogP contribution in [0.25, 0.3) is 0 Å². The van der Waals surface area contributed by atoms with Gasteiger partial charge in [0, 0.05) is 6.04 Å². The molecule has 0 amide bonds. The van der Waals surface area contributed by atoms with Crippen molar-refractivity contribution in [2.75, 3.05) is 5.32 Å². The third-order valence-corrected chi connectivity index (χ3v) is 5.72. The van der Waals surface area contributed by atoms with E-state index in [1.54, 1.807) is 0 Å². The van der Waals surface area contributed by atoms with E-state index in [2.05, 4.69) is 53.1 Å². The fraction of sp³-hybridized carbons (Fsp3) is 0.667. The fourth-order valence-corrected chi connectivity index (χ4v) is 4.64. The first-order valence-electron chi connectivity index (χ1n) is 6.81. The summed E-state index contributed by atoms with van der Waals surface area (Å²) in [5, 5.41) is 3.70. The summed E-state index contributed by atoms with van der Waals surface area (Å²) in [5.74, 6) is 1.86. The molecule has 0 radical (unpaired) electrons. The lowest BCUT2D eigenvalue weighted by atomic mass is 9.68. The van der Waals surface area contributed by atoms with E-state index < -0.39 is 0 Å². The molecule has 1 heterocycles. The van der Waals surface area contributed by atoms with E-state index in [1.165, 1.54) is 19.3 Å². The second kappa shape index (κ2) is 3.96. The van der Waals surface area contributed by atoms with Gasteiger partial charge in [-0.2, -0.15) is 0 Å². The molecule has 0 aromatic carbocycles. The van der Waals surface area contributed by atoms with Gasteiger partial charge in [-0.3, -0.25) is 0 Å². The summed E-state index contributed by atoms with van der Waals surface area (Å²) in [6.07, 6.45) is 4.12. The summed E-state index contributed by atoms with van der Waals surface area (Å²) in [4.78, 5) is 4.52. The SMILES string of the molecule is CC12CCC(C1)C(C)(C)C2Nc1cccc(Br)n1. The Morgan fingerprint density at radius 2 is 2.11 bits per heavy atom. The molecule has 2 nitrogen and oxygen atoms in total. The first-order chi connectivity index (χ1) is 8.42. The average Bonchev–Trinajstić information content (AvgIpc) is 2.76. The van der Waals surface area contributed by atoms with Crippen molar-refractivity contribution in [3.8, 4) is 0 Å². The van der Waals surface area contributed by atoms with Gasteiger partial charge in [0.2, 0.25) is 0 Å². The van der Waals surface area contributed by atoms with Gasteiger partial charge in [-0.25, -0.2) is 4.98 Å². The number of hydrogen-bond acceptors (Lipinski definition) is 2. The van der Waals surface area contributed by atoms with Crippen molar-refractivity contribution in [2.45, 2.75) is 46.1 Å². The molecule has 1 N–H and O–H groups in total. The van der Waals surface area contributed by atoms with E-state index in [-0.39, 0.29) is 0 Å². The summed E-state index contributed by atoms with van der Waals surface area (Å²) in [6, 6.07) is 6.61. The number of hydrogen-bond donors (Lipinski definition) is 1. The van der Waals surface area contributed by atoms with Crippen LogP contribution in [0.1, 0.15) is 40.0 Å². The van der Waals surface area contributed by atoms with Gasteiger partial charge in [0.05, 0.1) is 0 Å². The predicted molar refractivity (Wildman–Crippen MR) is 78.6 cm³/mol. The van der Waals surface area contributed by atoms with Crippen LogP contribution in [0.2, 0.25) is 0 Å². The Hall–Kier alpha value is -0.570. The van der Waals surface area contributed by atoms with E-state index in [9.17, 15) is 0 Å². The molecule has 18 heavy (non-hydrogen) atoms.